The molecule has 1 aromatic carbocycles. The Kier molecular flexibility index (Phi) is 6.60. The van der Waals surface area contributed by atoms with E-state index in [1.807, 2.05) is 24.8 Å². The van der Waals surface area contributed by atoms with E-state index in [2.05, 4.69) is 29.2 Å². The van der Waals surface area contributed by atoms with E-state index in [1.54, 1.807) is 6.92 Å². The van der Waals surface area contributed by atoms with Crippen LogP contribution in [0.4, 0.5) is 0 Å². The van der Waals surface area contributed by atoms with Crippen LogP contribution in [0.1, 0.15) is 39.2 Å². The number of benzene rings is 1. The molecule has 1 aliphatic rings. The van der Waals surface area contributed by atoms with Crippen molar-refractivity contribution in [3.8, 4) is 0 Å². The van der Waals surface area contributed by atoms with Gasteiger partial charge in [0.15, 0.2) is 0 Å². The van der Waals surface area contributed by atoms with Crippen LogP contribution in [0.25, 0.3) is 0 Å². The van der Waals surface area contributed by atoms with Gasteiger partial charge in [-0.15, -0.1) is 0 Å². The molecule has 1 aromatic rings. The van der Waals surface area contributed by atoms with Gasteiger partial charge in [0, 0.05) is 25.7 Å². The number of aliphatic hydroxyl groups excluding tert-OH is 1. The van der Waals surface area contributed by atoms with Gasteiger partial charge >= 0.3 is 0 Å². The highest BCUT2D eigenvalue weighted by Crippen LogP contribution is 2.21. The van der Waals surface area contributed by atoms with E-state index in [0.29, 0.717) is 6.54 Å². The largest absolute Gasteiger partial charge is 0.392 e. The molecule has 4 heteroatoms. The van der Waals surface area contributed by atoms with E-state index < -0.39 is 6.10 Å². The Morgan fingerprint density at radius 2 is 2.00 bits per heavy atom. The second-order valence-electron chi connectivity index (χ2n) is 6.99. The first-order valence-electron chi connectivity index (χ1n) is 8.72. The predicted molar refractivity (Wildman–Crippen MR) is 93.0 cm³/mol. The van der Waals surface area contributed by atoms with Crippen LogP contribution < -0.4 is 0 Å². The second kappa shape index (κ2) is 8.46. The second-order valence-corrected chi connectivity index (χ2v) is 6.99. The molecule has 0 bridgehead atoms. The predicted octanol–water partition coefficient (Wildman–Crippen LogP) is 2.52. The summed E-state index contributed by atoms with van der Waals surface area (Å²) in [5.41, 5.74) is 1.30. The monoisotopic (exact) mass is 318 g/mol. The van der Waals surface area contributed by atoms with Crippen molar-refractivity contribution in [1.82, 2.24) is 9.80 Å². The lowest BCUT2D eigenvalue weighted by Crippen LogP contribution is -2.48. The number of likely N-dealkylation sites (tertiary alicyclic amines) is 1. The third kappa shape index (κ3) is 5.33. The Bertz CT molecular complexity index is 487. The molecule has 1 aliphatic heterocycles. The summed E-state index contributed by atoms with van der Waals surface area (Å²) >= 11 is 0. The third-order valence-corrected chi connectivity index (χ3v) is 4.47. The average Bonchev–Trinajstić information content (AvgIpc) is 2.53. The standard InChI is InChI=1S/C19H30N2O2/c1-15(2)21(12-16(3)22)19(23)18-10-7-11-20(14-18)13-17-8-5-4-6-9-17/h4-6,8-9,15-16,18,22H,7,10-14H2,1-3H3. The summed E-state index contributed by atoms with van der Waals surface area (Å²) in [6.07, 6.45) is 1.53. The fraction of sp³-hybridized carbons (Fsp3) is 0.632. The maximum absolute atomic E-state index is 12.9. The molecule has 2 atom stereocenters. The lowest BCUT2D eigenvalue weighted by atomic mass is 9.95. The van der Waals surface area contributed by atoms with Crippen LogP contribution in [0.3, 0.4) is 0 Å². The van der Waals surface area contributed by atoms with Gasteiger partial charge in [0.1, 0.15) is 0 Å². The molecule has 2 unspecified atom stereocenters. The van der Waals surface area contributed by atoms with Crippen LogP contribution in [0, 0.1) is 5.92 Å². The molecule has 1 saturated heterocycles. The van der Waals surface area contributed by atoms with Crippen LogP contribution >= 0.6 is 0 Å². The number of rotatable bonds is 6. The minimum absolute atomic E-state index is 0.0496. The zero-order valence-electron chi connectivity index (χ0n) is 14.6. The van der Waals surface area contributed by atoms with Crippen LogP contribution in [0.2, 0.25) is 0 Å². The number of hydrogen-bond donors (Lipinski definition) is 1. The van der Waals surface area contributed by atoms with Crippen molar-refractivity contribution in [1.29, 1.82) is 0 Å². The van der Waals surface area contributed by atoms with Gasteiger partial charge in [0.05, 0.1) is 12.0 Å². The Morgan fingerprint density at radius 3 is 2.61 bits per heavy atom. The quantitative estimate of drug-likeness (QED) is 0.876. The maximum Gasteiger partial charge on any atom is 0.227 e. The van der Waals surface area contributed by atoms with Crippen molar-refractivity contribution in [2.45, 2.75) is 52.3 Å². The van der Waals surface area contributed by atoms with Crippen LogP contribution in [-0.2, 0) is 11.3 Å². The number of carbonyl (C=O) groups excluding carboxylic acids is 1. The van der Waals surface area contributed by atoms with Gasteiger partial charge in [-0.25, -0.2) is 0 Å². The third-order valence-electron chi connectivity index (χ3n) is 4.47. The average molecular weight is 318 g/mol. The summed E-state index contributed by atoms with van der Waals surface area (Å²) < 4.78 is 0. The SMILES string of the molecule is CC(O)CN(C(=O)C1CCCN(Cc2ccccc2)C1)C(C)C. The van der Waals surface area contributed by atoms with Gasteiger partial charge in [-0.3, -0.25) is 9.69 Å². The highest BCUT2D eigenvalue weighted by Gasteiger charge is 2.30. The lowest BCUT2D eigenvalue weighted by molar-refractivity contribution is -0.140. The molecule has 128 valence electrons. The van der Waals surface area contributed by atoms with E-state index in [0.717, 1.165) is 32.5 Å². The van der Waals surface area contributed by atoms with Crippen LogP contribution in [0.15, 0.2) is 30.3 Å². The molecule has 0 radical (unpaired) electrons. The van der Waals surface area contributed by atoms with Crippen molar-refractivity contribution in [2.24, 2.45) is 5.92 Å². The van der Waals surface area contributed by atoms with E-state index in [1.165, 1.54) is 5.56 Å². The van der Waals surface area contributed by atoms with Crippen molar-refractivity contribution in [3.63, 3.8) is 0 Å². The molecule has 1 amide bonds. The van der Waals surface area contributed by atoms with Crippen molar-refractivity contribution >= 4 is 5.91 Å². The topological polar surface area (TPSA) is 43.8 Å². The summed E-state index contributed by atoms with van der Waals surface area (Å²) in [6.45, 7) is 8.98. The Morgan fingerprint density at radius 1 is 1.30 bits per heavy atom. The van der Waals surface area contributed by atoms with E-state index in [9.17, 15) is 9.90 Å². The maximum atomic E-state index is 12.9. The lowest BCUT2D eigenvalue weighted by Gasteiger charge is -2.37. The van der Waals surface area contributed by atoms with Crippen LogP contribution in [-0.4, -0.2) is 52.6 Å². The summed E-state index contributed by atoms with van der Waals surface area (Å²) in [7, 11) is 0. The van der Waals surface area contributed by atoms with Gasteiger partial charge < -0.3 is 10.0 Å². The fourth-order valence-corrected chi connectivity index (χ4v) is 3.32. The molecule has 4 nitrogen and oxygen atoms in total. The molecular formula is C19H30N2O2. The Balaban J connectivity index is 1.97. The van der Waals surface area contributed by atoms with Gasteiger partial charge in [0.2, 0.25) is 5.91 Å². The molecule has 1 N–H and O–H groups in total. The van der Waals surface area contributed by atoms with Crippen molar-refractivity contribution in [2.75, 3.05) is 19.6 Å². The molecule has 1 heterocycles. The zero-order valence-corrected chi connectivity index (χ0v) is 14.6. The number of nitrogens with zero attached hydrogens (tertiary/aromatic N) is 2. The number of hydrogen-bond acceptors (Lipinski definition) is 3. The molecule has 1 fully saturated rings. The summed E-state index contributed by atoms with van der Waals surface area (Å²) in [5, 5.41) is 9.66. The minimum atomic E-state index is -0.481. The van der Waals surface area contributed by atoms with E-state index >= 15 is 0 Å². The number of piperidine rings is 1. The smallest absolute Gasteiger partial charge is 0.227 e. The molecule has 2 rings (SSSR count). The van der Waals surface area contributed by atoms with E-state index in [4.69, 9.17) is 0 Å². The molecule has 0 aromatic heterocycles. The van der Waals surface area contributed by atoms with Gasteiger partial charge in [0.25, 0.3) is 0 Å². The number of aliphatic hydroxyl groups is 1. The first kappa shape index (κ1) is 18.0. The summed E-state index contributed by atoms with van der Waals surface area (Å²) in [5.74, 6) is 0.243. The first-order valence-corrected chi connectivity index (χ1v) is 8.72. The fourth-order valence-electron chi connectivity index (χ4n) is 3.32. The van der Waals surface area contributed by atoms with Gasteiger partial charge in [-0.1, -0.05) is 30.3 Å². The van der Waals surface area contributed by atoms with Gasteiger partial charge in [-0.05, 0) is 45.7 Å². The Hall–Kier alpha value is -1.39. The molecular weight excluding hydrogens is 288 g/mol. The van der Waals surface area contributed by atoms with Crippen molar-refractivity contribution in [3.05, 3.63) is 35.9 Å². The summed E-state index contributed by atoms with van der Waals surface area (Å²) in [4.78, 5) is 17.1. The molecule has 23 heavy (non-hydrogen) atoms. The minimum Gasteiger partial charge on any atom is -0.392 e. The highest BCUT2D eigenvalue weighted by molar-refractivity contribution is 5.79. The zero-order chi connectivity index (χ0) is 16.8. The summed E-state index contributed by atoms with van der Waals surface area (Å²) in [6, 6.07) is 10.6. The Labute approximate surface area is 140 Å². The normalized spacial score (nSPS) is 20.5. The first-order chi connectivity index (χ1) is 11.0. The van der Waals surface area contributed by atoms with E-state index in [-0.39, 0.29) is 17.9 Å². The number of amides is 1. The molecule has 0 aliphatic carbocycles. The molecule has 0 saturated carbocycles. The molecule has 0 spiro atoms. The van der Waals surface area contributed by atoms with Crippen molar-refractivity contribution < 1.29 is 9.90 Å². The number of carbonyl (C=O) groups is 1. The highest BCUT2D eigenvalue weighted by atomic mass is 16.3. The van der Waals surface area contributed by atoms with Gasteiger partial charge in [-0.2, -0.15) is 0 Å². The van der Waals surface area contributed by atoms with Crippen LogP contribution in [0.5, 0.6) is 0 Å².